The SMILES string of the molecule is C=CC(=O)N1CCCC(Cc2cnc(Oc3ccc(Oc4cccc(F)c4)cc3)c(C(N)=O)c2)C1. The molecule has 1 aliphatic heterocycles. The molecule has 180 valence electrons. The number of nitrogens with zero attached hydrogens (tertiary/aromatic N) is 2. The number of aromatic nitrogens is 1. The van der Waals surface area contributed by atoms with Crippen molar-refractivity contribution in [1.29, 1.82) is 0 Å². The second kappa shape index (κ2) is 10.8. The van der Waals surface area contributed by atoms with Crippen LogP contribution in [0.15, 0.2) is 73.4 Å². The van der Waals surface area contributed by atoms with E-state index in [0.29, 0.717) is 30.2 Å². The van der Waals surface area contributed by atoms with Crippen LogP contribution in [0.25, 0.3) is 0 Å². The molecule has 3 aromatic rings. The highest BCUT2D eigenvalue weighted by Crippen LogP contribution is 2.29. The van der Waals surface area contributed by atoms with Crippen molar-refractivity contribution in [2.24, 2.45) is 11.7 Å². The molecule has 1 atom stereocenters. The molecular weight excluding hydrogens is 449 g/mol. The van der Waals surface area contributed by atoms with Crippen LogP contribution in [0.2, 0.25) is 0 Å². The van der Waals surface area contributed by atoms with Gasteiger partial charge in [0.2, 0.25) is 11.8 Å². The van der Waals surface area contributed by atoms with E-state index in [1.54, 1.807) is 53.6 Å². The summed E-state index contributed by atoms with van der Waals surface area (Å²) in [5, 5.41) is 0. The number of ether oxygens (including phenoxy) is 2. The summed E-state index contributed by atoms with van der Waals surface area (Å²) < 4.78 is 24.8. The maximum absolute atomic E-state index is 13.3. The summed E-state index contributed by atoms with van der Waals surface area (Å²) in [6.45, 7) is 4.92. The third-order valence-corrected chi connectivity index (χ3v) is 5.77. The maximum Gasteiger partial charge on any atom is 0.254 e. The van der Waals surface area contributed by atoms with Gasteiger partial charge in [0, 0.05) is 25.4 Å². The zero-order valence-corrected chi connectivity index (χ0v) is 19.2. The Labute approximate surface area is 203 Å². The van der Waals surface area contributed by atoms with Gasteiger partial charge in [-0.2, -0.15) is 0 Å². The van der Waals surface area contributed by atoms with Gasteiger partial charge in [-0.05, 0) is 79.3 Å². The lowest BCUT2D eigenvalue weighted by Crippen LogP contribution is -2.39. The van der Waals surface area contributed by atoms with Crippen molar-refractivity contribution >= 4 is 11.8 Å². The topological polar surface area (TPSA) is 94.8 Å². The van der Waals surface area contributed by atoms with Crippen molar-refractivity contribution < 1.29 is 23.5 Å². The first-order valence-corrected chi connectivity index (χ1v) is 11.3. The van der Waals surface area contributed by atoms with E-state index in [1.807, 2.05) is 0 Å². The van der Waals surface area contributed by atoms with Crippen molar-refractivity contribution in [1.82, 2.24) is 9.88 Å². The van der Waals surface area contributed by atoms with Gasteiger partial charge in [0.05, 0.1) is 0 Å². The van der Waals surface area contributed by atoms with E-state index < -0.39 is 5.91 Å². The molecule has 0 spiro atoms. The Kier molecular flexibility index (Phi) is 7.40. The molecule has 0 saturated carbocycles. The quantitative estimate of drug-likeness (QED) is 0.469. The summed E-state index contributed by atoms with van der Waals surface area (Å²) in [7, 11) is 0. The highest BCUT2D eigenvalue weighted by atomic mass is 19.1. The lowest BCUT2D eigenvalue weighted by Gasteiger charge is -2.32. The van der Waals surface area contributed by atoms with Crippen molar-refractivity contribution in [3.63, 3.8) is 0 Å². The number of halogens is 1. The number of benzene rings is 2. The summed E-state index contributed by atoms with van der Waals surface area (Å²) in [6.07, 6.45) is 5.56. The van der Waals surface area contributed by atoms with Crippen molar-refractivity contribution in [2.75, 3.05) is 13.1 Å². The molecule has 35 heavy (non-hydrogen) atoms. The molecule has 1 unspecified atom stereocenters. The van der Waals surface area contributed by atoms with Gasteiger partial charge < -0.3 is 20.1 Å². The number of carbonyl (C=O) groups is 2. The molecule has 1 aliphatic rings. The summed E-state index contributed by atoms with van der Waals surface area (Å²) >= 11 is 0. The molecule has 2 aromatic carbocycles. The predicted octanol–water partition coefficient (Wildman–Crippen LogP) is 4.87. The first kappa shape index (κ1) is 23.9. The molecule has 2 amide bonds. The summed E-state index contributed by atoms with van der Waals surface area (Å²) in [4.78, 5) is 30.2. The lowest BCUT2D eigenvalue weighted by molar-refractivity contribution is -0.127. The fraction of sp³-hybridized carbons (Fsp3) is 0.222. The number of carbonyl (C=O) groups excluding carboxylic acids is 2. The fourth-order valence-corrected chi connectivity index (χ4v) is 4.11. The van der Waals surface area contributed by atoms with Crippen LogP contribution in [0.5, 0.6) is 23.1 Å². The minimum absolute atomic E-state index is 0.0678. The molecule has 0 radical (unpaired) electrons. The number of likely N-dealkylation sites (tertiary alicyclic amines) is 1. The average Bonchev–Trinajstić information content (AvgIpc) is 2.85. The smallest absolute Gasteiger partial charge is 0.254 e. The molecule has 2 heterocycles. The van der Waals surface area contributed by atoms with E-state index in [9.17, 15) is 14.0 Å². The number of amides is 2. The maximum atomic E-state index is 13.3. The number of primary amides is 1. The van der Waals surface area contributed by atoms with E-state index in [0.717, 1.165) is 24.9 Å². The fourth-order valence-electron chi connectivity index (χ4n) is 4.11. The number of rotatable bonds is 8. The second-order valence-electron chi connectivity index (χ2n) is 8.39. The molecule has 1 aromatic heterocycles. The Balaban J connectivity index is 1.44. The monoisotopic (exact) mass is 475 g/mol. The number of hydrogen-bond donors (Lipinski definition) is 1. The molecule has 7 nitrogen and oxygen atoms in total. The predicted molar refractivity (Wildman–Crippen MR) is 129 cm³/mol. The Morgan fingerprint density at radius 2 is 1.86 bits per heavy atom. The van der Waals surface area contributed by atoms with Crippen molar-refractivity contribution in [3.05, 3.63) is 90.4 Å². The van der Waals surface area contributed by atoms with E-state index >= 15 is 0 Å². The molecule has 1 saturated heterocycles. The van der Waals surface area contributed by atoms with Crippen LogP contribution in [-0.4, -0.2) is 34.8 Å². The molecular formula is C27H26FN3O4. The average molecular weight is 476 g/mol. The lowest BCUT2D eigenvalue weighted by atomic mass is 9.91. The number of hydrogen-bond acceptors (Lipinski definition) is 5. The molecule has 0 bridgehead atoms. The zero-order chi connectivity index (χ0) is 24.8. The van der Waals surface area contributed by atoms with Crippen molar-refractivity contribution in [2.45, 2.75) is 19.3 Å². The molecule has 8 heteroatoms. The van der Waals surface area contributed by atoms with Crippen LogP contribution < -0.4 is 15.2 Å². The second-order valence-corrected chi connectivity index (χ2v) is 8.39. The summed E-state index contributed by atoms with van der Waals surface area (Å²) in [5.74, 6) is 0.570. The van der Waals surface area contributed by atoms with E-state index in [1.165, 1.54) is 18.2 Å². The van der Waals surface area contributed by atoms with Crippen LogP contribution in [0.3, 0.4) is 0 Å². The van der Waals surface area contributed by atoms with Crippen LogP contribution in [-0.2, 0) is 11.2 Å². The van der Waals surface area contributed by atoms with Gasteiger partial charge in [-0.25, -0.2) is 9.37 Å². The molecule has 4 rings (SSSR count). The zero-order valence-electron chi connectivity index (χ0n) is 19.2. The number of nitrogens with two attached hydrogens (primary N) is 1. The van der Waals surface area contributed by atoms with Gasteiger partial charge in [0.15, 0.2) is 0 Å². The van der Waals surface area contributed by atoms with Crippen LogP contribution in [0.1, 0.15) is 28.8 Å². The van der Waals surface area contributed by atoms with Crippen LogP contribution in [0.4, 0.5) is 4.39 Å². The number of piperidine rings is 1. The summed E-state index contributed by atoms with van der Waals surface area (Å²) in [5.41, 5.74) is 6.63. The van der Waals surface area contributed by atoms with Crippen LogP contribution in [0, 0.1) is 11.7 Å². The largest absolute Gasteiger partial charge is 0.457 e. The Hall–Kier alpha value is -4.20. The minimum Gasteiger partial charge on any atom is -0.457 e. The van der Waals surface area contributed by atoms with Crippen LogP contribution >= 0.6 is 0 Å². The van der Waals surface area contributed by atoms with Gasteiger partial charge in [-0.3, -0.25) is 9.59 Å². The van der Waals surface area contributed by atoms with Gasteiger partial charge in [-0.15, -0.1) is 0 Å². The molecule has 1 fully saturated rings. The van der Waals surface area contributed by atoms with Gasteiger partial charge in [0.25, 0.3) is 5.91 Å². The Bertz CT molecular complexity index is 1230. The highest BCUT2D eigenvalue weighted by molar-refractivity contribution is 5.95. The van der Waals surface area contributed by atoms with Gasteiger partial charge in [-0.1, -0.05) is 12.6 Å². The Morgan fingerprint density at radius 3 is 2.54 bits per heavy atom. The minimum atomic E-state index is -0.646. The standard InChI is InChI=1S/C27H26FN3O4/c1-2-25(32)31-12-4-5-18(17-31)13-19-14-24(26(29)33)27(30-16-19)35-22-10-8-21(9-11-22)34-23-7-3-6-20(28)15-23/h2-3,6-11,14-16,18H,1,4-5,12-13,17H2,(H2,29,33). The highest BCUT2D eigenvalue weighted by Gasteiger charge is 2.23. The summed E-state index contributed by atoms with van der Waals surface area (Å²) in [6, 6.07) is 14.2. The van der Waals surface area contributed by atoms with Crippen molar-refractivity contribution in [3.8, 4) is 23.1 Å². The molecule has 0 aliphatic carbocycles. The Morgan fingerprint density at radius 1 is 1.11 bits per heavy atom. The van der Waals surface area contributed by atoms with E-state index in [-0.39, 0.29) is 29.1 Å². The first-order valence-electron chi connectivity index (χ1n) is 11.3. The third-order valence-electron chi connectivity index (χ3n) is 5.77. The third kappa shape index (κ3) is 6.23. The normalized spacial score (nSPS) is 15.3. The number of pyridine rings is 1. The van der Waals surface area contributed by atoms with E-state index in [4.69, 9.17) is 15.2 Å². The van der Waals surface area contributed by atoms with Gasteiger partial charge in [0.1, 0.15) is 28.6 Å². The van der Waals surface area contributed by atoms with E-state index in [2.05, 4.69) is 11.6 Å². The van der Waals surface area contributed by atoms with Gasteiger partial charge >= 0.3 is 0 Å². The molecule has 2 N–H and O–H groups in total. The first-order chi connectivity index (χ1) is 16.9.